The number of morpholine rings is 1. The number of carbonyl (C=O) groups is 1. The summed E-state index contributed by atoms with van der Waals surface area (Å²) in [7, 11) is 1.64. The summed E-state index contributed by atoms with van der Waals surface area (Å²) in [5, 5.41) is 7.57. The minimum Gasteiger partial charge on any atom is -0.497 e. The lowest BCUT2D eigenvalue weighted by molar-refractivity contribution is -0.0129. The third-order valence-electron chi connectivity index (χ3n) is 5.50. The first-order chi connectivity index (χ1) is 13.7. The van der Waals surface area contributed by atoms with E-state index < -0.39 is 0 Å². The lowest BCUT2D eigenvalue weighted by atomic mass is 9.95. The molecule has 1 atom stereocenters. The van der Waals surface area contributed by atoms with Gasteiger partial charge in [0.25, 0.3) is 5.91 Å². The van der Waals surface area contributed by atoms with Crippen molar-refractivity contribution in [3.8, 4) is 11.4 Å². The van der Waals surface area contributed by atoms with Crippen LogP contribution in [0.4, 0.5) is 0 Å². The fourth-order valence-electron chi connectivity index (χ4n) is 3.79. The molecule has 8 heteroatoms. The number of amides is 1. The van der Waals surface area contributed by atoms with Crippen LogP contribution in [0.15, 0.2) is 36.5 Å². The fraction of sp³-hybridized carbons (Fsp3) is 0.500. The molecule has 2 saturated heterocycles. The van der Waals surface area contributed by atoms with Crippen LogP contribution in [0.2, 0.25) is 0 Å². The third kappa shape index (κ3) is 4.04. The normalized spacial score (nSPS) is 22.9. The van der Waals surface area contributed by atoms with E-state index in [9.17, 15) is 4.79 Å². The molecule has 0 saturated carbocycles. The van der Waals surface area contributed by atoms with Crippen molar-refractivity contribution in [2.75, 3.05) is 51.5 Å². The Hall–Kier alpha value is -2.03. The van der Waals surface area contributed by atoms with E-state index in [2.05, 4.69) is 15.3 Å². The fourth-order valence-corrected chi connectivity index (χ4v) is 5.27. The van der Waals surface area contributed by atoms with E-state index in [1.54, 1.807) is 24.1 Å². The van der Waals surface area contributed by atoms with E-state index in [1.165, 1.54) is 0 Å². The molecule has 2 aliphatic heterocycles. The number of rotatable bonds is 6. The van der Waals surface area contributed by atoms with Crippen molar-refractivity contribution in [3.05, 3.63) is 42.2 Å². The Labute approximate surface area is 169 Å². The second-order valence-electron chi connectivity index (χ2n) is 7.15. The van der Waals surface area contributed by atoms with Gasteiger partial charge in [0.1, 0.15) is 5.75 Å². The Bertz CT molecular complexity index is 796. The van der Waals surface area contributed by atoms with Gasteiger partial charge in [-0.15, -0.1) is 0 Å². The molecule has 0 bridgehead atoms. The van der Waals surface area contributed by atoms with Gasteiger partial charge in [0.15, 0.2) is 5.69 Å². The molecule has 0 spiro atoms. The van der Waals surface area contributed by atoms with Crippen LogP contribution in [0.25, 0.3) is 5.69 Å². The van der Waals surface area contributed by atoms with Crippen LogP contribution >= 0.6 is 11.8 Å². The highest BCUT2D eigenvalue weighted by atomic mass is 32.2. The number of nitrogens with one attached hydrogen (secondary N) is 1. The third-order valence-corrected chi connectivity index (χ3v) is 6.74. The van der Waals surface area contributed by atoms with E-state index in [0.29, 0.717) is 12.2 Å². The molecule has 1 amide bonds. The van der Waals surface area contributed by atoms with Crippen LogP contribution in [0, 0.1) is 0 Å². The van der Waals surface area contributed by atoms with Crippen molar-refractivity contribution < 1.29 is 14.3 Å². The molecule has 1 aromatic carbocycles. The molecule has 150 valence electrons. The summed E-state index contributed by atoms with van der Waals surface area (Å²) in [6, 6.07) is 9.33. The van der Waals surface area contributed by atoms with E-state index in [-0.39, 0.29) is 11.4 Å². The quantitative estimate of drug-likeness (QED) is 0.795. The average molecular weight is 403 g/mol. The second-order valence-corrected chi connectivity index (χ2v) is 8.26. The van der Waals surface area contributed by atoms with Crippen molar-refractivity contribution in [1.82, 2.24) is 20.0 Å². The van der Waals surface area contributed by atoms with E-state index in [4.69, 9.17) is 9.47 Å². The number of nitrogens with zero attached hydrogens (tertiary/aromatic N) is 3. The Morgan fingerprint density at radius 2 is 2.07 bits per heavy atom. The number of aromatic nitrogens is 2. The molecule has 0 radical (unpaired) electrons. The first-order valence-electron chi connectivity index (χ1n) is 9.59. The first kappa shape index (κ1) is 19.3. The highest BCUT2D eigenvalue weighted by Crippen LogP contribution is 2.33. The number of ether oxygens (including phenoxy) is 2. The predicted molar refractivity (Wildman–Crippen MR) is 110 cm³/mol. The first-order valence-corrected chi connectivity index (χ1v) is 10.7. The molecule has 0 aliphatic carbocycles. The molecule has 1 N–H and O–H groups in total. The zero-order chi connectivity index (χ0) is 19.4. The van der Waals surface area contributed by atoms with Gasteiger partial charge in [-0.3, -0.25) is 9.69 Å². The van der Waals surface area contributed by atoms with Crippen LogP contribution < -0.4 is 10.1 Å². The van der Waals surface area contributed by atoms with Gasteiger partial charge in [-0.2, -0.15) is 16.9 Å². The van der Waals surface area contributed by atoms with E-state index >= 15 is 0 Å². The van der Waals surface area contributed by atoms with Gasteiger partial charge in [0.05, 0.1) is 26.0 Å². The van der Waals surface area contributed by atoms with Crippen molar-refractivity contribution in [3.63, 3.8) is 0 Å². The van der Waals surface area contributed by atoms with Gasteiger partial charge in [0.2, 0.25) is 0 Å². The van der Waals surface area contributed by atoms with E-state index in [0.717, 1.165) is 55.7 Å². The molecule has 7 nitrogen and oxygen atoms in total. The zero-order valence-electron chi connectivity index (χ0n) is 16.1. The summed E-state index contributed by atoms with van der Waals surface area (Å²) < 4.78 is 12.4. The second kappa shape index (κ2) is 8.55. The number of thioether (sulfide) groups is 1. The molecule has 2 aromatic rings. The average Bonchev–Trinajstić information content (AvgIpc) is 3.44. The molecular weight excluding hydrogens is 376 g/mol. The van der Waals surface area contributed by atoms with Crippen LogP contribution in [0.1, 0.15) is 16.9 Å². The maximum absolute atomic E-state index is 12.7. The molecule has 1 unspecified atom stereocenters. The summed E-state index contributed by atoms with van der Waals surface area (Å²) in [5.41, 5.74) is 1.35. The van der Waals surface area contributed by atoms with Crippen molar-refractivity contribution in [2.24, 2.45) is 0 Å². The predicted octanol–water partition coefficient (Wildman–Crippen LogP) is 1.82. The largest absolute Gasteiger partial charge is 0.497 e. The van der Waals surface area contributed by atoms with Crippen LogP contribution in [-0.4, -0.2) is 77.6 Å². The SMILES string of the molecule is COc1ccc(-n2ccc(C(=O)NCC3(N4CCOCC4)CCSC3)n2)cc1. The van der Waals surface area contributed by atoms with Crippen LogP contribution in [-0.2, 0) is 4.74 Å². The molecule has 28 heavy (non-hydrogen) atoms. The van der Waals surface area contributed by atoms with Gasteiger partial charge >= 0.3 is 0 Å². The van der Waals surface area contributed by atoms with Crippen molar-refractivity contribution in [1.29, 1.82) is 0 Å². The summed E-state index contributed by atoms with van der Waals surface area (Å²) in [6.45, 7) is 4.05. The Balaban J connectivity index is 1.41. The standard InChI is InChI=1S/C20H26N4O3S/c1-26-17-4-2-16(3-5-17)24-8-6-18(22-24)19(25)21-14-20(7-13-28-15-20)23-9-11-27-12-10-23/h2-6,8H,7,9-15H2,1H3,(H,21,25). The molecule has 2 aliphatic rings. The lowest BCUT2D eigenvalue weighted by Crippen LogP contribution is -2.59. The lowest BCUT2D eigenvalue weighted by Gasteiger charge is -2.43. The van der Waals surface area contributed by atoms with Gasteiger partial charge in [-0.25, -0.2) is 4.68 Å². The molecular formula is C20H26N4O3S. The number of hydrogen-bond donors (Lipinski definition) is 1. The maximum atomic E-state index is 12.7. The highest BCUT2D eigenvalue weighted by Gasteiger charge is 2.41. The smallest absolute Gasteiger partial charge is 0.271 e. The molecule has 2 fully saturated rings. The van der Waals surface area contributed by atoms with Crippen molar-refractivity contribution in [2.45, 2.75) is 12.0 Å². The van der Waals surface area contributed by atoms with Crippen molar-refractivity contribution >= 4 is 17.7 Å². The highest BCUT2D eigenvalue weighted by molar-refractivity contribution is 7.99. The van der Waals surface area contributed by atoms with Gasteiger partial charge in [-0.1, -0.05) is 0 Å². The molecule has 4 rings (SSSR count). The maximum Gasteiger partial charge on any atom is 0.271 e. The van der Waals surface area contributed by atoms with Crippen LogP contribution in [0.3, 0.4) is 0 Å². The molecule has 1 aromatic heterocycles. The topological polar surface area (TPSA) is 68.6 Å². The Morgan fingerprint density at radius 1 is 1.29 bits per heavy atom. The minimum absolute atomic E-state index is 0.0304. The monoisotopic (exact) mass is 402 g/mol. The summed E-state index contributed by atoms with van der Waals surface area (Å²) in [6.07, 6.45) is 2.90. The zero-order valence-corrected chi connectivity index (χ0v) is 16.9. The molecule has 3 heterocycles. The number of methoxy groups -OCH3 is 1. The minimum atomic E-state index is -0.128. The summed E-state index contributed by atoms with van der Waals surface area (Å²) in [4.78, 5) is 15.2. The summed E-state index contributed by atoms with van der Waals surface area (Å²) in [5.74, 6) is 2.85. The van der Waals surface area contributed by atoms with Crippen LogP contribution in [0.5, 0.6) is 5.75 Å². The Morgan fingerprint density at radius 3 is 2.75 bits per heavy atom. The van der Waals surface area contributed by atoms with Gasteiger partial charge in [0, 0.05) is 37.1 Å². The number of carbonyl (C=O) groups excluding carboxylic acids is 1. The van der Waals surface area contributed by atoms with E-state index in [1.807, 2.05) is 36.0 Å². The Kier molecular flexibility index (Phi) is 5.89. The van der Waals surface area contributed by atoms with Gasteiger partial charge in [-0.05, 0) is 42.5 Å². The summed E-state index contributed by atoms with van der Waals surface area (Å²) >= 11 is 1.96. The number of hydrogen-bond acceptors (Lipinski definition) is 6. The van der Waals surface area contributed by atoms with Gasteiger partial charge < -0.3 is 14.8 Å². The number of benzene rings is 1.